The van der Waals surface area contributed by atoms with Crippen molar-refractivity contribution in [2.75, 3.05) is 6.54 Å². The molecule has 0 unspecified atom stereocenters. The average molecular weight is 302 g/mol. The van der Waals surface area contributed by atoms with Crippen LogP contribution in [0.5, 0.6) is 0 Å². The average Bonchev–Trinajstić information content (AvgIpc) is 2.44. The summed E-state index contributed by atoms with van der Waals surface area (Å²) in [7, 11) is 0. The van der Waals surface area contributed by atoms with E-state index < -0.39 is 0 Å². The van der Waals surface area contributed by atoms with Gasteiger partial charge in [0.2, 0.25) is 0 Å². The molecule has 0 radical (unpaired) electrons. The lowest BCUT2D eigenvalue weighted by atomic mass is 9.86. The first-order valence-corrected chi connectivity index (χ1v) is 7.89. The topological polar surface area (TPSA) is 12.0 Å². The summed E-state index contributed by atoms with van der Waals surface area (Å²) in [5, 5.41) is 4.13. The standard InChI is InChI=1S/C19H24ClN/c1-5-21-13-14-6-11-17(18(20)12-14)15-7-9-16(10-8-15)19(2,3)4/h6-12,21H,5,13H2,1-4H3. The van der Waals surface area contributed by atoms with Crippen LogP contribution >= 0.6 is 11.6 Å². The SMILES string of the molecule is CCNCc1ccc(-c2ccc(C(C)(C)C)cc2)c(Cl)c1. The fourth-order valence-electron chi connectivity index (χ4n) is 2.32. The van der Waals surface area contributed by atoms with E-state index in [2.05, 4.69) is 75.5 Å². The first-order chi connectivity index (χ1) is 9.91. The van der Waals surface area contributed by atoms with Crippen molar-refractivity contribution in [3.8, 4) is 11.1 Å². The van der Waals surface area contributed by atoms with E-state index in [9.17, 15) is 0 Å². The molecule has 0 aromatic heterocycles. The number of halogens is 1. The molecule has 0 aliphatic carbocycles. The fourth-order valence-corrected chi connectivity index (χ4v) is 2.63. The maximum Gasteiger partial charge on any atom is 0.0487 e. The van der Waals surface area contributed by atoms with Gasteiger partial charge in [0.15, 0.2) is 0 Å². The van der Waals surface area contributed by atoms with Crippen LogP contribution < -0.4 is 5.32 Å². The van der Waals surface area contributed by atoms with Crippen molar-refractivity contribution in [3.63, 3.8) is 0 Å². The monoisotopic (exact) mass is 301 g/mol. The van der Waals surface area contributed by atoms with Crippen molar-refractivity contribution in [2.45, 2.75) is 39.7 Å². The quantitative estimate of drug-likeness (QED) is 0.795. The molecule has 1 N–H and O–H groups in total. The fraction of sp³-hybridized carbons (Fsp3) is 0.368. The number of nitrogens with one attached hydrogen (secondary N) is 1. The van der Waals surface area contributed by atoms with Gasteiger partial charge in [-0.25, -0.2) is 0 Å². The van der Waals surface area contributed by atoms with Gasteiger partial charge < -0.3 is 5.32 Å². The summed E-state index contributed by atoms with van der Waals surface area (Å²) in [6.45, 7) is 10.6. The van der Waals surface area contributed by atoms with E-state index in [0.717, 1.165) is 23.7 Å². The van der Waals surface area contributed by atoms with Gasteiger partial charge in [0, 0.05) is 17.1 Å². The second kappa shape index (κ2) is 6.64. The molecule has 0 aliphatic rings. The second-order valence-corrected chi connectivity index (χ2v) is 6.83. The van der Waals surface area contributed by atoms with Gasteiger partial charge in [-0.3, -0.25) is 0 Å². The Bertz CT molecular complexity index is 594. The summed E-state index contributed by atoms with van der Waals surface area (Å²) in [6, 6.07) is 15.0. The van der Waals surface area contributed by atoms with Crippen LogP contribution in [0.3, 0.4) is 0 Å². The maximum atomic E-state index is 6.44. The molecule has 0 fully saturated rings. The Kier molecular flexibility index (Phi) is 5.08. The Labute approximate surface area is 133 Å². The zero-order valence-corrected chi connectivity index (χ0v) is 14.1. The number of hydrogen-bond acceptors (Lipinski definition) is 1. The van der Waals surface area contributed by atoms with Crippen LogP contribution in [0.2, 0.25) is 5.02 Å². The van der Waals surface area contributed by atoms with Gasteiger partial charge in [0.1, 0.15) is 0 Å². The number of benzene rings is 2. The first-order valence-electron chi connectivity index (χ1n) is 7.52. The lowest BCUT2D eigenvalue weighted by Crippen LogP contribution is -2.11. The highest BCUT2D eigenvalue weighted by Gasteiger charge is 2.13. The Morgan fingerprint density at radius 2 is 1.67 bits per heavy atom. The minimum atomic E-state index is 0.179. The largest absolute Gasteiger partial charge is 0.313 e. The van der Waals surface area contributed by atoms with Crippen molar-refractivity contribution >= 4 is 11.6 Å². The summed E-state index contributed by atoms with van der Waals surface area (Å²) in [5.74, 6) is 0. The molecule has 0 saturated heterocycles. The number of rotatable bonds is 4. The van der Waals surface area contributed by atoms with Gasteiger partial charge in [-0.2, -0.15) is 0 Å². The molecular weight excluding hydrogens is 278 g/mol. The molecule has 21 heavy (non-hydrogen) atoms. The molecule has 1 nitrogen and oxygen atoms in total. The highest BCUT2D eigenvalue weighted by molar-refractivity contribution is 6.33. The van der Waals surface area contributed by atoms with Crippen molar-refractivity contribution in [1.82, 2.24) is 5.32 Å². The van der Waals surface area contributed by atoms with E-state index >= 15 is 0 Å². The molecular formula is C19H24ClN. The molecule has 112 valence electrons. The molecule has 2 rings (SSSR count). The second-order valence-electron chi connectivity index (χ2n) is 6.42. The van der Waals surface area contributed by atoms with E-state index in [1.54, 1.807) is 0 Å². The van der Waals surface area contributed by atoms with Gasteiger partial charge in [0.25, 0.3) is 0 Å². The van der Waals surface area contributed by atoms with E-state index in [1.165, 1.54) is 16.7 Å². The maximum absolute atomic E-state index is 6.44. The molecule has 0 spiro atoms. The Hall–Kier alpha value is -1.31. The summed E-state index contributed by atoms with van der Waals surface area (Å²) in [5.41, 5.74) is 5.00. The van der Waals surface area contributed by atoms with E-state index in [1.807, 2.05) is 0 Å². The third-order valence-corrected chi connectivity index (χ3v) is 3.99. The van der Waals surface area contributed by atoms with E-state index in [0.29, 0.717) is 0 Å². The zero-order valence-electron chi connectivity index (χ0n) is 13.3. The van der Waals surface area contributed by atoms with Crippen LogP contribution in [0.25, 0.3) is 11.1 Å². The minimum Gasteiger partial charge on any atom is -0.313 e. The van der Waals surface area contributed by atoms with Crippen LogP contribution in [0.15, 0.2) is 42.5 Å². The summed E-state index contributed by atoms with van der Waals surface area (Å²) in [4.78, 5) is 0. The Morgan fingerprint density at radius 1 is 1.00 bits per heavy atom. The Morgan fingerprint density at radius 3 is 2.19 bits per heavy atom. The number of hydrogen-bond donors (Lipinski definition) is 1. The van der Waals surface area contributed by atoms with Crippen LogP contribution in [0, 0.1) is 0 Å². The minimum absolute atomic E-state index is 0.179. The lowest BCUT2D eigenvalue weighted by molar-refractivity contribution is 0.590. The normalized spacial score (nSPS) is 11.7. The highest BCUT2D eigenvalue weighted by atomic mass is 35.5. The van der Waals surface area contributed by atoms with Crippen LogP contribution in [0.1, 0.15) is 38.8 Å². The molecule has 2 heteroatoms. The van der Waals surface area contributed by atoms with Crippen molar-refractivity contribution in [1.29, 1.82) is 0 Å². The molecule has 0 amide bonds. The summed E-state index contributed by atoms with van der Waals surface area (Å²) < 4.78 is 0. The summed E-state index contributed by atoms with van der Waals surface area (Å²) in [6.07, 6.45) is 0. The van der Waals surface area contributed by atoms with Crippen molar-refractivity contribution in [2.24, 2.45) is 0 Å². The highest BCUT2D eigenvalue weighted by Crippen LogP contribution is 2.31. The summed E-state index contributed by atoms with van der Waals surface area (Å²) >= 11 is 6.44. The first kappa shape index (κ1) is 16.1. The van der Waals surface area contributed by atoms with Crippen molar-refractivity contribution in [3.05, 3.63) is 58.6 Å². The third kappa shape index (κ3) is 4.09. The van der Waals surface area contributed by atoms with Gasteiger partial charge in [0.05, 0.1) is 0 Å². The molecule has 0 bridgehead atoms. The molecule has 2 aromatic rings. The molecule has 0 heterocycles. The predicted molar refractivity (Wildman–Crippen MR) is 93.0 cm³/mol. The smallest absolute Gasteiger partial charge is 0.0487 e. The van der Waals surface area contributed by atoms with Gasteiger partial charge in [-0.1, -0.05) is 75.7 Å². The molecule has 0 aliphatic heterocycles. The zero-order chi connectivity index (χ0) is 15.5. The van der Waals surface area contributed by atoms with Crippen LogP contribution in [-0.2, 0) is 12.0 Å². The van der Waals surface area contributed by atoms with E-state index in [4.69, 9.17) is 11.6 Å². The van der Waals surface area contributed by atoms with Crippen LogP contribution in [-0.4, -0.2) is 6.54 Å². The van der Waals surface area contributed by atoms with Gasteiger partial charge in [-0.05, 0) is 34.7 Å². The molecule has 0 saturated carbocycles. The molecule has 2 aromatic carbocycles. The predicted octanol–water partition coefficient (Wildman–Crippen LogP) is 5.41. The third-order valence-electron chi connectivity index (χ3n) is 3.67. The van der Waals surface area contributed by atoms with Crippen molar-refractivity contribution < 1.29 is 0 Å². The van der Waals surface area contributed by atoms with E-state index in [-0.39, 0.29) is 5.41 Å². The van der Waals surface area contributed by atoms with Gasteiger partial charge >= 0.3 is 0 Å². The molecule has 0 atom stereocenters. The Balaban J connectivity index is 2.26. The van der Waals surface area contributed by atoms with Gasteiger partial charge in [-0.15, -0.1) is 0 Å². The lowest BCUT2D eigenvalue weighted by Gasteiger charge is -2.19. The van der Waals surface area contributed by atoms with Crippen LogP contribution in [0.4, 0.5) is 0 Å².